The average molecular weight is 219 g/mol. The molecule has 2 heterocycles. The standard InChI is InChI=1S/C13H17NO2/c1-13(7-10-8-14-10)6-9-5-11(15-2)3-4-12(9)16-13/h3-5,10,14H,6-8H2,1-2H3/t10?,13-/m0/s1. The van der Waals surface area contributed by atoms with Crippen LogP contribution < -0.4 is 14.8 Å². The highest BCUT2D eigenvalue weighted by atomic mass is 16.5. The van der Waals surface area contributed by atoms with Crippen molar-refractivity contribution >= 4 is 0 Å². The highest BCUT2D eigenvalue weighted by molar-refractivity contribution is 5.44. The van der Waals surface area contributed by atoms with Gasteiger partial charge in [0.15, 0.2) is 0 Å². The van der Waals surface area contributed by atoms with Gasteiger partial charge >= 0.3 is 0 Å². The van der Waals surface area contributed by atoms with Gasteiger partial charge in [-0.1, -0.05) is 0 Å². The molecule has 1 aromatic carbocycles. The fourth-order valence-electron chi connectivity index (χ4n) is 2.49. The Hall–Kier alpha value is -1.22. The minimum atomic E-state index is -0.0388. The van der Waals surface area contributed by atoms with E-state index in [4.69, 9.17) is 9.47 Å². The number of fused-ring (bicyclic) bond motifs is 1. The van der Waals surface area contributed by atoms with Crippen molar-refractivity contribution in [2.75, 3.05) is 13.7 Å². The third kappa shape index (κ3) is 1.76. The summed E-state index contributed by atoms with van der Waals surface area (Å²) in [5, 5.41) is 3.33. The summed E-state index contributed by atoms with van der Waals surface area (Å²) in [6, 6.07) is 6.71. The predicted molar refractivity (Wildman–Crippen MR) is 62.1 cm³/mol. The van der Waals surface area contributed by atoms with E-state index in [1.165, 1.54) is 5.56 Å². The van der Waals surface area contributed by atoms with E-state index in [9.17, 15) is 0 Å². The van der Waals surface area contributed by atoms with E-state index in [2.05, 4.69) is 18.3 Å². The van der Waals surface area contributed by atoms with E-state index in [1.54, 1.807) is 7.11 Å². The Bertz CT molecular complexity index is 414. The minimum Gasteiger partial charge on any atom is -0.497 e. The van der Waals surface area contributed by atoms with Crippen molar-refractivity contribution in [3.8, 4) is 11.5 Å². The van der Waals surface area contributed by atoms with Crippen LogP contribution in [-0.4, -0.2) is 25.3 Å². The van der Waals surface area contributed by atoms with Gasteiger partial charge in [0, 0.05) is 31.0 Å². The van der Waals surface area contributed by atoms with E-state index in [-0.39, 0.29) is 5.60 Å². The molecule has 3 rings (SSSR count). The van der Waals surface area contributed by atoms with Gasteiger partial charge in [0.1, 0.15) is 17.1 Å². The molecule has 0 aliphatic carbocycles. The lowest BCUT2D eigenvalue weighted by Crippen LogP contribution is -2.32. The van der Waals surface area contributed by atoms with Crippen LogP contribution in [0.4, 0.5) is 0 Å². The summed E-state index contributed by atoms with van der Waals surface area (Å²) in [5.41, 5.74) is 1.23. The molecule has 0 saturated carbocycles. The molecule has 2 atom stereocenters. The summed E-state index contributed by atoms with van der Waals surface area (Å²) in [6.45, 7) is 3.33. The zero-order valence-electron chi connectivity index (χ0n) is 9.75. The summed E-state index contributed by atoms with van der Waals surface area (Å²) < 4.78 is 11.3. The molecule has 1 fully saturated rings. The molecular weight excluding hydrogens is 202 g/mol. The number of hydrogen-bond acceptors (Lipinski definition) is 3. The van der Waals surface area contributed by atoms with Crippen molar-refractivity contribution < 1.29 is 9.47 Å². The number of benzene rings is 1. The van der Waals surface area contributed by atoms with Gasteiger partial charge in [0.2, 0.25) is 0 Å². The Morgan fingerprint density at radius 2 is 2.38 bits per heavy atom. The van der Waals surface area contributed by atoms with Crippen LogP contribution in [0.2, 0.25) is 0 Å². The lowest BCUT2D eigenvalue weighted by Gasteiger charge is -2.23. The molecule has 2 aliphatic heterocycles. The predicted octanol–water partition coefficient (Wildman–Crippen LogP) is 1.75. The van der Waals surface area contributed by atoms with E-state index < -0.39 is 0 Å². The average Bonchev–Trinajstić information content (AvgIpc) is 2.97. The first kappa shape index (κ1) is 9.97. The molecule has 2 aliphatic rings. The molecule has 0 radical (unpaired) electrons. The minimum absolute atomic E-state index is 0.0388. The Balaban J connectivity index is 1.81. The smallest absolute Gasteiger partial charge is 0.123 e. The van der Waals surface area contributed by atoms with Crippen molar-refractivity contribution in [3.63, 3.8) is 0 Å². The van der Waals surface area contributed by atoms with Crippen molar-refractivity contribution in [3.05, 3.63) is 23.8 Å². The van der Waals surface area contributed by atoms with Gasteiger partial charge in [0.05, 0.1) is 7.11 Å². The Morgan fingerprint density at radius 1 is 1.56 bits per heavy atom. The maximum Gasteiger partial charge on any atom is 0.123 e. The highest BCUT2D eigenvalue weighted by Gasteiger charge is 2.39. The molecule has 0 bridgehead atoms. The first-order valence-corrected chi connectivity index (χ1v) is 5.78. The van der Waals surface area contributed by atoms with E-state index in [0.29, 0.717) is 6.04 Å². The van der Waals surface area contributed by atoms with Crippen LogP contribution in [0.15, 0.2) is 18.2 Å². The highest BCUT2D eigenvalue weighted by Crippen LogP contribution is 2.39. The molecular formula is C13H17NO2. The molecule has 0 spiro atoms. The van der Waals surface area contributed by atoms with Crippen LogP contribution in [0.1, 0.15) is 18.9 Å². The van der Waals surface area contributed by atoms with Gasteiger partial charge in [-0.05, 0) is 25.1 Å². The lowest BCUT2D eigenvalue weighted by atomic mass is 9.94. The quantitative estimate of drug-likeness (QED) is 0.787. The van der Waals surface area contributed by atoms with Crippen molar-refractivity contribution in [1.82, 2.24) is 5.32 Å². The van der Waals surface area contributed by atoms with Crippen LogP contribution >= 0.6 is 0 Å². The molecule has 1 N–H and O–H groups in total. The van der Waals surface area contributed by atoms with Crippen LogP contribution in [0.5, 0.6) is 11.5 Å². The van der Waals surface area contributed by atoms with Crippen LogP contribution in [0.25, 0.3) is 0 Å². The largest absolute Gasteiger partial charge is 0.497 e. The number of methoxy groups -OCH3 is 1. The number of hydrogen-bond donors (Lipinski definition) is 1. The molecule has 1 aromatic rings. The van der Waals surface area contributed by atoms with Crippen molar-refractivity contribution in [2.24, 2.45) is 0 Å². The monoisotopic (exact) mass is 219 g/mol. The summed E-state index contributed by atoms with van der Waals surface area (Å²) in [4.78, 5) is 0. The van der Waals surface area contributed by atoms with Crippen molar-refractivity contribution in [1.29, 1.82) is 0 Å². The van der Waals surface area contributed by atoms with Gasteiger partial charge in [-0.25, -0.2) is 0 Å². The fraction of sp³-hybridized carbons (Fsp3) is 0.538. The summed E-state index contributed by atoms with van der Waals surface area (Å²) in [5.74, 6) is 1.93. The Morgan fingerprint density at radius 3 is 3.06 bits per heavy atom. The van der Waals surface area contributed by atoms with Gasteiger partial charge < -0.3 is 14.8 Å². The molecule has 0 amide bonds. The van der Waals surface area contributed by atoms with Crippen molar-refractivity contribution in [2.45, 2.75) is 31.4 Å². The number of nitrogens with one attached hydrogen (secondary N) is 1. The number of ether oxygens (including phenoxy) is 2. The van der Waals surface area contributed by atoms with Gasteiger partial charge in [-0.15, -0.1) is 0 Å². The van der Waals surface area contributed by atoms with Crippen LogP contribution in [0.3, 0.4) is 0 Å². The number of rotatable bonds is 3. The van der Waals surface area contributed by atoms with Crippen LogP contribution in [-0.2, 0) is 6.42 Å². The molecule has 1 unspecified atom stereocenters. The summed E-state index contributed by atoms with van der Waals surface area (Å²) >= 11 is 0. The second-order valence-corrected chi connectivity index (χ2v) is 5.01. The zero-order chi connectivity index (χ0) is 11.2. The molecule has 3 nitrogen and oxygen atoms in total. The molecule has 0 aromatic heterocycles. The van der Waals surface area contributed by atoms with Crippen LogP contribution in [0, 0.1) is 0 Å². The molecule has 86 valence electrons. The Labute approximate surface area is 95.8 Å². The van der Waals surface area contributed by atoms with E-state index in [1.807, 2.05) is 12.1 Å². The van der Waals surface area contributed by atoms with Gasteiger partial charge in [-0.3, -0.25) is 0 Å². The lowest BCUT2D eigenvalue weighted by molar-refractivity contribution is 0.106. The molecule has 3 heteroatoms. The fourth-order valence-corrected chi connectivity index (χ4v) is 2.49. The first-order chi connectivity index (χ1) is 7.68. The summed E-state index contributed by atoms with van der Waals surface area (Å²) in [6.07, 6.45) is 2.07. The molecule has 1 saturated heterocycles. The third-order valence-corrected chi connectivity index (χ3v) is 3.36. The SMILES string of the molecule is COc1ccc2c(c1)C[C@@](C)(CC1CN1)O2. The van der Waals surface area contributed by atoms with Gasteiger partial charge in [-0.2, -0.15) is 0 Å². The second kappa shape index (κ2) is 3.39. The summed E-state index contributed by atoms with van der Waals surface area (Å²) in [7, 11) is 1.70. The third-order valence-electron chi connectivity index (χ3n) is 3.36. The molecule has 16 heavy (non-hydrogen) atoms. The zero-order valence-corrected chi connectivity index (χ0v) is 9.75. The maximum absolute atomic E-state index is 6.05. The van der Waals surface area contributed by atoms with E-state index >= 15 is 0 Å². The Kier molecular flexibility index (Phi) is 2.11. The first-order valence-electron chi connectivity index (χ1n) is 5.78. The topological polar surface area (TPSA) is 40.4 Å². The normalized spacial score (nSPS) is 30.8. The second-order valence-electron chi connectivity index (χ2n) is 5.01. The maximum atomic E-state index is 6.05. The van der Waals surface area contributed by atoms with Gasteiger partial charge in [0.25, 0.3) is 0 Å². The van der Waals surface area contributed by atoms with E-state index in [0.717, 1.165) is 30.9 Å².